The van der Waals surface area contributed by atoms with Crippen LogP contribution in [0.2, 0.25) is 0 Å². The van der Waals surface area contributed by atoms with E-state index in [0.717, 1.165) is 5.57 Å². The maximum Gasteiger partial charge on any atom is 0.152 e. The van der Waals surface area contributed by atoms with Crippen LogP contribution in [0.25, 0.3) is 0 Å². The van der Waals surface area contributed by atoms with Gasteiger partial charge in [-0.25, -0.2) is 0 Å². The van der Waals surface area contributed by atoms with Crippen LogP contribution in [0.15, 0.2) is 11.6 Å². The van der Waals surface area contributed by atoms with Crippen molar-refractivity contribution in [1.29, 1.82) is 0 Å². The summed E-state index contributed by atoms with van der Waals surface area (Å²) in [6.07, 6.45) is 1.61. The lowest BCUT2D eigenvalue weighted by atomic mass is 10.3. The average Bonchev–Trinajstić information content (AvgIpc) is 1.99. The molecule has 0 radical (unpaired) electrons. The molecule has 0 aliphatic rings. The van der Waals surface area contributed by atoms with Crippen molar-refractivity contribution in [2.24, 2.45) is 0 Å². The number of carbonyl (C=O) groups is 1. The van der Waals surface area contributed by atoms with Crippen molar-refractivity contribution in [1.82, 2.24) is 0 Å². The summed E-state index contributed by atoms with van der Waals surface area (Å²) in [4.78, 5) is 10.2. The fourth-order valence-electron chi connectivity index (χ4n) is 0.615. The van der Waals surface area contributed by atoms with Crippen molar-refractivity contribution >= 4 is 5.78 Å². The third kappa shape index (κ3) is 24.6. The Kier molecular flexibility index (Phi) is 12.9. The second kappa shape index (κ2) is 11.3. The van der Waals surface area contributed by atoms with Gasteiger partial charge in [0.1, 0.15) is 0 Å². The molecule has 0 spiro atoms. The van der Waals surface area contributed by atoms with Gasteiger partial charge in [-0.3, -0.25) is 4.79 Å². The predicted octanol–water partition coefficient (Wildman–Crippen LogP) is 1.56. The summed E-state index contributed by atoms with van der Waals surface area (Å²) in [7, 11) is 0. The molecule has 0 heterocycles. The third-order valence-corrected chi connectivity index (χ3v) is 0.932. The zero-order valence-corrected chi connectivity index (χ0v) is 8.96. The number of ketones is 1. The Morgan fingerprint density at radius 3 is 2.00 bits per heavy atom. The fourth-order valence-corrected chi connectivity index (χ4v) is 0.615. The molecule has 3 nitrogen and oxygen atoms in total. The van der Waals surface area contributed by atoms with Gasteiger partial charge in [0.05, 0.1) is 13.2 Å². The van der Waals surface area contributed by atoms with Crippen molar-refractivity contribution in [2.75, 3.05) is 19.8 Å². The molecule has 0 aliphatic heterocycles. The summed E-state index contributed by atoms with van der Waals surface area (Å²) < 4.78 is 4.73. The summed E-state index contributed by atoms with van der Waals surface area (Å²) in [6.45, 7) is 8.55. The van der Waals surface area contributed by atoms with E-state index in [4.69, 9.17) is 9.84 Å². The van der Waals surface area contributed by atoms with E-state index in [0.29, 0.717) is 13.2 Å². The highest BCUT2D eigenvalue weighted by Crippen LogP contribution is 1.86. The Labute approximate surface area is 80.4 Å². The van der Waals surface area contributed by atoms with Crippen molar-refractivity contribution < 1.29 is 14.6 Å². The van der Waals surface area contributed by atoms with Crippen LogP contribution in [-0.2, 0) is 9.53 Å². The van der Waals surface area contributed by atoms with Crippen molar-refractivity contribution in [2.45, 2.75) is 27.7 Å². The standard InChI is InChI=1S/C6H10O.C4H10O2/c1-5(2)4-6(3)7;1-2-6-4-3-5/h4H,1-3H3;5H,2-4H2,1H3. The largest absolute Gasteiger partial charge is 0.394 e. The van der Waals surface area contributed by atoms with Crippen LogP contribution in [-0.4, -0.2) is 30.7 Å². The molecule has 0 aromatic rings. The normalized spacial score (nSPS) is 8.38. The van der Waals surface area contributed by atoms with Gasteiger partial charge in [-0.2, -0.15) is 0 Å². The highest BCUT2D eigenvalue weighted by molar-refractivity contribution is 5.87. The SMILES string of the molecule is CC(=O)C=C(C)C.CCOCCO. The quantitative estimate of drug-likeness (QED) is 0.538. The Morgan fingerprint density at radius 1 is 1.38 bits per heavy atom. The molecule has 0 aromatic carbocycles. The lowest BCUT2D eigenvalue weighted by Crippen LogP contribution is -1.96. The van der Waals surface area contributed by atoms with E-state index in [-0.39, 0.29) is 12.4 Å². The topological polar surface area (TPSA) is 46.5 Å². The van der Waals surface area contributed by atoms with E-state index >= 15 is 0 Å². The Bertz CT molecular complexity index is 142. The van der Waals surface area contributed by atoms with Gasteiger partial charge in [0.2, 0.25) is 0 Å². The van der Waals surface area contributed by atoms with Gasteiger partial charge in [0.15, 0.2) is 5.78 Å². The van der Waals surface area contributed by atoms with Crippen molar-refractivity contribution in [3.63, 3.8) is 0 Å². The first-order valence-corrected chi connectivity index (χ1v) is 4.38. The summed E-state index contributed by atoms with van der Waals surface area (Å²) in [5.41, 5.74) is 1.06. The molecular formula is C10H20O3. The molecule has 0 fully saturated rings. The maximum atomic E-state index is 10.2. The molecule has 0 aliphatic carbocycles. The molecule has 0 saturated heterocycles. The van der Waals surface area contributed by atoms with Crippen LogP contribution < -0.4 is 0 Å². The van der Waals surface area contributed by atoms with Crippen LogP contribution in [0.4, 0.5) is 0 Å². The van der Waals surface area contributed by atoms with Gasteiger partial charge in [-0.1, -0.05) is 5.57 Å². The van der Waals surface area contributed by atoms with Gasteiger partial charge >= 0.3 is 0 Å². The number of allylic oxidation sites excluding steroid dienone is 2. The second-order valence-electron chi connectivity index (χ2n) is 2.75. The first-order valence-electron chi connectivity index (χ1n) is 4.38. The van der Waals surface area contributed by atoms with Crippen LogP contribution in [0, 0.1) is 0 Å². The number of hydrogen-bond donors (Lipinski definition) is 1. The lowest BCUT2D eigenvalue weighted by molar-refractivity contribution is -0.112. The van der Waals surface area contributed by atoms with E-state index in [1.165, 1.54) is 0 Å². The van der Waals surface area contributed by atoms with E-state index in [1.807, 2.05) is 20.8 Å². The minimum absolute atomic E-state index is 0.125. The van der Waals surface area contributed by atoms with Crippen LogP contribution in [0.1, 0.15) is 27.7 Å². The zero-order chi connectivity index (χ0) is 10.7. The Morgan fingerprint density at radius 2 is 1.92 bits per heavy atom. The minimum atomic E-state index is 0.125. The maximum absolute atomic E-state index is 10.2. The summed E-state index contributed by atoms with van der Waals surface area (Å²) in [6, 6.07) is 0. The van der Waals surface area contributed by atoms with E-state index < -0.39 is 0 Å². The van der Waals surface area contributed by atoms with Crippen LogP contribution in [0.5, 0.6) is 0 Å². The van der Waals surface area contributed by atoms with Crippen molar-refractivity contribution in [3.8, 4) is 0 Å². The third-order valence-electron chi connectivity index (χ3n) is 0.932. The number of rotatable bonds is 4. The number of aliphatic hydroxyl groups is 1. The highest BCUT2D eigenvalue weighted by Gasteiger charge is 1.80. The number of carbonyl (C=O) groups excluding carboxylic acids is 1. The van der Waals surface area contributed by atoms with Gasteiger partial charge in [0.25, 0.3) is 0 Å². The Hall–Kier alpha value is -0.670. The summed E-state index contributed by atoms with van der Waals surface area (Å²) >= 11 is 0. The molecule has 0 aromatic heterocycles. The fraction of sp³-hybridized carbons (Fsp3) is 0.700. The molecule has 0 bridgehead atoms. The lowest BCUT2D eigenvalue weighted by Gasteiger charge is -1.91. The molecule has 0 saturated carbocycles. The number of hydrogen-bond acceptors (Lipinski definition) is 3. The first-order chi connectivity index (χ1) is 6.04. The minimum Gasteiger partial charge on any atom is -0.394 e. The smallest absolute Gasteiger partial charge is 0.152 e. The Balaban J connectivity index is 0. The first kappa shape index (κ1) is 14.8. The van der Waals surface area contributed by atoms with Crippen LogP contribution in [0.3, 0.4) is 0 Å². The van der Waals surface area contributed by atoms with Gasteiger partial charge < -0.3 is 9.84 Å². The van der Waals surface area contributed by atoms with Gasteiger partial charge in [-0.05, 0) is 33.8 Å². The zero-order valence-electron chi connectivity index (χ0n) is 8.96. The predicted molar refractivity (Wildman–Crippen MR) is 53.7 cm³/mol. The molecule has 1 N–H and O–H groups in total. The van der Waals surface area contributed by atoms with Crippen LogP contribution >= 0.6 is 0 Å². The summed E-state index contributed by atoms with van der Waals surface area (Å²) in [5.74, 6) is 0.125. The molecule has 78 valence electrons. The van der Waals surface area contributed by atoms with Gasteiger partial charge in [0, 0.05) is 6.61 Å². The molecule has 0 rings (SSSR count). The summed E-state index contributed by atoms with van der Waals surface area (Å²) in [5, 5.41) is 8.07. The molecule has 3 heteroatoms. The molecule has 0 amide bonds. The van der Waals surface area contributed by atoms with Crippen molar-refractivity contribution in [3.05, 3.63) is 11.6 Å². The monoisotopic (exact) mass is 188 g/mol. The molecule has 13 heavy (non-hydrogen) atoms. The molecular weight excluding hydrogens is 168 g/mol. The molecule has 0 unspecified atom stereocenters. The number of aliphatic hydroxyl groups excluding tert-OH is 1. The highest BCUT2D eigenvalue weighted by atomic mass is 16.5. The molecule has 0 atom stereocenters. The van der Waals surface area contributed by atoms with E-state index in [9.17, 15) is 4.79 Å². The average molecular weight is 188 g/mol. The van der Waals surface area contributed by atoms with Gasteiger partial charge in [-0.15, -0.1) is 0 Å². The second-order valence-corrected chi connectivity index (χ2v) is 2.75. The van der Waals surface area contributed by atoms with E-state index in [1.54, 1.807) is 13.0 Å². The van der Waals surface area contributed by atoms with E-state index in [2.05, 4.69) is 0 Å². The number of ether oxygens (including phenoxy) is 1.